The first-order valence-corrected chi connectivity index (χ1v) is 5.63. The molecule has 0 saturated carbocycles. The molecule has 0 aliphatic heterocycles. The van der Waals surface area contributed by atoms with Gasteiger partial charge in [-0.2, -0.15) is 0 Å². The number of nitrogens with one attached hydrogen (secondary N) is 1. The molecule has 0 amide bonds. The third-order valence-electron chi connectivity index (χ3n) is 2.08. The summed E-state index contributed by atoms with van der Waals surface area (Å²) in [6.07, 6.45) is 3.34. The molecular weight excluding hydrogens is 236 g/mol. The number of rotatable bonds is 5. The van der Waals surface area contributed by atoms with Crippen LogP contribution < -0.4 is 5.73 Å². The van der Waals surface area contributed by atoms with Gasteiger partial charge in [0.15, 0.2) is 0 Å². The van der Waals surface area contributed by atoms with Crippen molar-refractivity contribution in [2.24, 2.45) is 5.73 Å². The molecule has 5 N–H and O–H groups in total. The minimum atomic E-state index is -1.00. The lowest BCUT2D eigenvalue weighted by molar-refractivity contribution is -0.870. The van der Waals surface area contributed by atoms with Crippen molar-refractivity contribution >= 4 is 5.97 Å². The van der Waals surface area contributed by atoms with E-state index in [1.54, 1.807) is 6.20 Å². The van der Waals surface area contributed by atoms with Crippen molar-refractivity contribution in [1.29, 1.82) is 0 Å². The molecule has 1 unspecified atom stereocenters. The molecule has 18 heavy (non-hydrogen) atoms. The van der Waals surface area contributed by atoms with Crippen LogP contribution in [0, 0.1) is 0 Å². The number of carboxylic acids is 1. The summed E-state index contributed by atoms with van der Waals surface area (Å²) in [4.78, 5) is 16.8. The number of aromatic nitrogens is 2. The molecule has 1 atom stereocenters. The zero-order valence-corrected chi connectivity index (χ0v) is 11.1. The molecule has 0 saturated heterocycles. The Balaban J connectivity index is 0.000000360. The van der Waals surface area contributed by atoms with E-state index in [9.17, 15) is 4.79 Å². The fourth-order valence-corrected chi connectivity index (χ4v) is 1.02. The Hall–Kier alpha value is -1.44. The van der Waals surface area contributed by atoms with Crippen LogP contribution >= 0.6 is 0 Å². The van der Waals surface area contributed by atoms with E-state index in [0.717, 1.165) is 16.7 Å². The van der Waals surface area contributed by atoms with Gasteiger partial charge < -0.3 is 25.4 Å². The first kappa shape index (κ1) is 16.6. The molecule has 1 aromatic heterocycles. The smallest absolute Gasteiger partial charge is 0.320 e. The molecule has 0 bridgehead atoms. The first-order chi connectivity index (χ1) is 8.26. The van der Waals surface area contributed by atoms with Gasteiger partial charge in [0.05, 0.1) is 34.1 Å². The van der Waals surface area contributed by atoms with Gasteiger partial charge in [-0.25, -0.2) is 4.98 Å². The highest BCUT2D eigenvalue weighted by atomic mass is 16.4. The van der Waals surface area contributed by atoms with Crippen LogP contribution in [0.15, 0.2) is 12.5 Å². The van der Waals surface area contributed by atoms with Crippen molar-refractivity contribution in [1.82, 2.24) is 9.97 Å². The largest absolute Gasteiger partial charge is 0.480 e. The number of carbonyl (C=O) groups is 1. The summed E-state index contributed by atoms with van der Waals surface area (Å²) in [7, 11) is 6.16. The summed E-state index contributed by atoms with van der Waals surface area (Å²) in [5.41, 5.74) is 6.00. The van der Waals surface area contributed by atoms with Gasteiger partial charge in [0.1, 0.15) is 12.6 Å². The lowest BCUT2D eigenvalue weighted by Crippen LogP contribution is -2.36. The summed E-state index contributed by atoms with van der Waals surface area (Å²) in [6, 6.07) is -0.851. The molecular formula is C11H23N4O3+. The molecule has 1 aromatic rings. The second-order valence-electron chi connectivity index (χ2n) is 4.96. The molecule has 0 aliphatic carbocycles. The Morgan fingerprint density at radius 1 is 1.56 bits per heavy atom. The van der Waals surface area contributed by atoms with Crippen LogP contribution in [0.25, 0.3) is 0 Å². The molecule has 0 aliphatic rings. The molecule has 0 fully saturated rings. The lowest BCUT2D eigenvalue weighted by atomic mass is 10.2. The van der Waals surface area contributed by atoms with Crippen molar-refractivity contribution in [3.05, 3.63) is 18.2 Å². The maximum absolute atomic E-state index is 10.3. The number of hydrogen-bond donors (Lipinski definition) is 4. The molecule has 7 heteroatoms. The van der Waals surface area contributed by atoms with Gasteiger partial charge in [0.25, 0.3) is 0 Å². The third kappa shape index (κ3) is 8.68. The highest BCUT2D eigenvalue weighted by Gasteiger charge is 2.12. The average Bonchev–Trinajstić information content (AvgIpc) is 2.69. The van der Waals surface area contributed by atoms with Gasteiger partial charge in [0.2, 0.25) is 0 Å². The number of H-pyrrole nitrogens is 1. The van der Waals surface area contributed by atoms with Gasteiger partial charge in [-0.1, -0.05) is 0 Å². The molecule has 1 rings (SSSR count). The number of aliphatic hydroxyl groups is 1. The van der Waals surface area contributed by atoms with Crippen LogP contribution in [-0.2, 0) is 11.2 Å². The second-order valence-corrected chi connectivity index (χ2v) is 4.96. The fraction of sp³-hybridized carbons (Fsp3) is 0.636. The van der Waals surface area contributed by atoms with E-state index in [1.165, 1.54) is 6.33 Å². The van der Waals surface area contributed by atoms with E-state index in [0.29, 0.717) is 0 Å². The number of hydrogen-bond acceptors (Lipinski definition) is 4. The molecule has 7 nitrogen and oxygen atoms in total. The summed E-state index contributed by atoms with van der Waals surface area (Å²) in [6.45, 7) is 1.11. The van der Waals surface area contributed by atoms with Crippen LogP contribution in [0.2, 0.25) is 0 Å². The van der Waals surface area contributed by atoms with E-state index in [2.05, 4.69) is 31.1 Å². The van der Waals surface area contributed by atoms with Crippen molar-refractivity contribution < 1.29 is 19.5 Å². The molecule has 1 heterocycles. The van der Waals surface area contributed by atoms with Gasteiger partial charge >= 0.3 is 5.97 Å². The van der Waals surface area contributed by atoms with Crippen molar-refractivity contribution in [2.75, 3.05) is 34.3 Å². The number of aromatic amines is 1. The minimum Gasteiger partial charge on any atom is -0.480 e. The summed E-state index contributed by atoms with van der Waals surface area (Å²) >= 11 is 0. The standard InChI is InChI=1S/C6H9N3O2.C5H14NO/c7-5(6(10)11)1-4-2-8-3-9-4;1-6(2,3)4-5-7/h2-3,5H,1,7H2,(H,8,9)(H,10,11);7H,4-5H2,1-3H3/q;+1. The predicted molar refractivity (Wildman–Crippen MR) is 67.9 cm³/mol. The quantitative estimate of drug-likeness (QED) is 0.509. The van der Waals surface area contributed by atoms with E-state index < -0.39 is 12.0 Å². The third-order valence-corrected chi connectivity index (χ3v) is 2.08. The maximum atomic E-state index is 10.3. The Morgan fingerprint density at radius 2 is 2.17 bits per heavy atom. The normalized spacial score (nSPS) is 12.5. The number of aliphatic carboxylic acids is 1. The predicted octanol–water partition coefficient (Wildman–Crippen LogP) is -0.951. The number of carboxylic acid groups (broad SMARTS) is 1. The van der Waals surface area contributed by atoms with Crippen molar-refractivity contribution in [3.63, 3.8) is 0 Å². The van der Waals surface area contributed by atoms with Gasteiger partial charge in [-0.15, -0.1) is 0 Å². The Labute approximate surface area is 107 Å². The SMILES string of the molecule is C[N+](C)(C)CCO.NC(Cc1cnc[nH]1)C(=O)O. The Kier molecular flexibility index (Phi) is 7.18. The second kappa shape index (κ2) is 7.80. The monoisotopic (exact) mass is 259 g/mol. The number of quaternary nitrogens is 1. The summed E-state index contributed by atoms with van der Waals surface area (Å²) in [5.74, 6) is -1.00. The molecule has 0 radical (unpaired) electrons. The van der Waals surface area contributed by atoms with E-state index in [4.69, 9.17) is 15.9 Å². The maximum Gasteiger partial charge on any atom is 0.320 e. The number of nitrogens with zero attached hydrogens (tertiary/aromatic N) is 2. The van der Waals surface area contributed by atoms with Gasteiger partial charge in [-0.3, -0.25) is 4.79 Å². The van der Waals surface area contributed by atoms with Crippen LogP contribution in [0.3, 0.4) is 0 Å². The van der Waals surface area contributed by atoms with Gasteiger partial charge in [0, 0.05) is 18.3 Å². The molecule has 0 aromatic carbocycles. The number of imidazole rings is 1. The highest BCUT2D eigenvalue weighted by molar-refractivity contribution is 5.73. The molecule has 104 valence electrons. The Morgan fingerprint density at radius 3 is 2.44 bits per heavy atom. The number of likely N-dealkylation sites (N-methyl/N-ethyl adjacent to an activating group) is 1. The fourth-order valence-electron chi connectivity index (χ4n) is 1.02. The van der Waals surface area contributed by atoms with Crippen LogP contribution in [0.4, 0.5) is 0 Å². The molecule has 0 spiro atoms. The van der Waals surface area contributed by atoms with E-state index >= 15 is 0 Å². The Bertz CT molecular complexity index is 333. The van der Waals surface area contributed by atoms with E-state index in [1.807, 2.05) is 0 Å². The summed E-state index contributed by atoms with van der Waals surface area (Å²) < 4.78 is 0.844. The summed E-state index contributed by atoms with van der Waals surface area (Å²) in [5, 5.41) is 16.8. The topological polar surface area (TPSA) is 112 Å². The first-order valence-electron chi connectivity index (χ1n) is 5.63. The zero-order chi connectivity index (χ0) is 14.2. The highest BCUT2D eigenvalue weighted by Crippen LogP contribution is 1.95. The van der Waals surface area contributed by atoms with Crippen LogP contribution in [-0.4, -0.2) is 71.0 Å². The number of nitrogens with two attached hydrogens (primary N) is 1. The van der Waals surface area contributed by atoms with Crippen LogP contribution in [0.5, 0.6) is 0 Å². The van der Waals surface area contributed by atoms with Crippen molar-refractivity contribution in [3.8, 4) is 0 Å². The minimum absolute atomic E-state index is 0.281. The average molecular weight is 259 g/mol. The number of aliphatic hydroxyl groups excluding tert-OH is 1. The van der Waals surface area contributed by atoms with Crippen LogP contribution in [0.1, 0.15) is 5.69 Å². The van der Waals surface area contributed by atoms with E-state index in [-0.39, 0.29) is 13.0 Å². The lowest BCUT2D eigenvalue weighted by Gasteiger charge is -2.21. The zero-order valence-electron chi connectivity index (χ0n) is 11.1. The van der Waals surface area contributed by atoms with Crippen molar-refractivity contribution in [2.45, 2.75) is 12.5 Å². The van der Waals surface area contributed by atoms with Gasteiger partial charge in [-0.05, 0) is 0 Å².